The Morgan fingerprint density at radius 2 is 1.65 bits per heavy atom. The van der Waals surface area contributed by atoms with Gasteiger partial charge in [-0.2, -0.15) is 8.42 Å². The summed E-state index contributed by atoms with van der Waals surface area (Å²) in [5.74, 6) is -0.933. The molecule has 0 rings (SSSR count). The minimum atomic E-state index is -4.29. The standard InChI is InChI=1S/C16H27NO6S.H3N.H2O/c1-11(2)14(18)17-16(5,6)9-7-13(24(20,21)22)8-10-23-15(19)12(3)4;;/h13H,1,3,7-10H2,2,4-6H3,(H,17,18)(H,20,21,22);1H3;1H2. The highest BCUT2D eigenvalue weighted by molar-refractivity contribution is 7.86. The van der Waals surface area contributed by atoms with Crippen LogP contribution in [-0.4, -0.2) is 47.7 Å². The average Bonchev–Trinajstić information content (AvgIpc) is 2.39. The lowest BCUT2D eigenvalue weighted by molar-refractivity contribution is -0.139. The van der Waals surface area contributed by atoms with Crippen molar-refractivity contribution in [3.05, 3.63) is 24.3 Å². The molecule has 0 aromatic rings. The fraction of sp³-hybridized carbons (Fsp3) is 0.625. The van der Waals surface area contributed by atoms with E-state index in [1.165, 1.54) is 6.92 Å². The third-order valence-electron chi connectivity index (χ3n) is 3.37. The van der Waals surface area contributed by atoms with Crippen LogP contribution in [-0.2, 0) is 24.4 Å². The van der Waals surface area contributed by atoms with Crippen molar-refractivity contribution in [2.24, 2.45) is 0 Å². The van der Waals surface area contributed by atoms with E-state index in [0.29, 0.717) is 12.0 Å². The van der Waals surface area contributed by atoms with Gasteiger partial charge >= 0.3 is 5.97 Å². The summed E-state index contributed by atoms with van der Waals surface area (Å²) < 4.78 is 37.2. The van der Waals surface area contributed by atoms with Crippen molar-refractivity contribution >= 4 is 22.0 Å². The molecule has 0 aromatic heterocycles. The molecule has 26 heavy (non-hydrogen) atoms. The van der Waals surface area contributed by atoms with Gasteiger partial charge in [0.2, 0.25) is 5.91 Å². The Morgan fingerprint density at radius 1 is 1.15 bits per heavy atom. The summed E-state index contributed by atoms with van der Waals surface area (Å²) >= 11 is 0. The average molecular weight is 397 g/mol. The first-order valence-corrected chi connectivity index (χ1v) is 9.03. The number of nitrogens with one attached hydrogen (secondary N) is 1. The monoisotopic (exact) mass is 396 g/mol. The quantitative estimate of drug-likeness (QED) is 0.283. The maximum Gasteiger partial charge on any atom is 0.333 e. The van der Waals surface area contributed by atoms with Crippen molar-refractivity contribution in [2.75, 3.05) is 6.61 Å². The van der Waals surface area contributed by atoms with Crippen LogP contribution < -0.4 is 11.5 Å². The third kappa shape index (κ3) is 11.7. The molecule has 0 saturated carbocycles. The predicted octanol–water partition coefficient (Wildman–Crippen LogP) is 1.34. The largest absolute Gasteiger partial charge is 0.462 e. The molecule has 0 bridgehead atoms. The number of carbonyl (C=O) groups is 2. The number of hydrogen-bond acceptors (Lipinski definition) is 6. The van der Waals surface area contributed by atoms with Gasteiger partial charge in [-0.15, -0.1) is 0 Å². The van der Waals surface area contributed by atoms with Crippen molar-refractivity contribution in [1.29, 1.82) is 0 Å². The summed E-state index contributed by atoms with van der Waals surface area (Å²) in [6.07, 6.45) is 0.375. The maximum atomic E-state index is 11.7. The van der Waals surface area contributed by atoms with Gasteiger partial charge in [0.15, 0.2) is 0 Å². The zero-order valence-corrected chi connectivity index (χ0v) is 16.7. The highest BCUT2D eigenvalue weighted by atomic mass is 32.2. The van der Waals surface area contributed by atoms with E-state index in [9.17, 15) is 22.6 Å². The summed E-state index contributed by atoms with van der Waals surface area (Å²) in [7, 11) is -4.29. The van der Waals surface area contributed by atoms with Crippen LogP contribution in [0.3, 0.4) is 0 Å². The SMILES string of the molecule is C=C(C)C(=O)NC(C)(C)CCC(CCOC(=O)C(=C)C)S(=O)(=O)O.N.O. The van der Waals surface area contributed by atoms with E-state index in [2.05, 4.69) is 18.5 Å². The first-order valence-electron chi connectivity index (χ1n) is 7.53. The molecule has 1 atom stereocenters. The van der Waals surface area contributed by atoms with E-state index in [1.54, 1.807) is 20.8 Å². The van der Waals surface area contributed by atoms with E-state index in [-0.39, 0.29) is 42.6 Å². The Hall–Kier alpha value is -1.75. The summed E-state index contributed by atoms with van der Waals surface area (Å²) in [4.78, 5) is 23.0. The van der Waals surface area contributed by atoms with Crippen LogP contribution in [0.2, 0.25) is 0 Å². The zero-order valence-electron chi connectivity index (χ0n) is 15.9. The third-order valence-corrected chi connectivity index (χ3v) is 4.69. The smallest absolute Gasteiger partial charge is 0.333 e. The molecule has 10 heteroatoms. The summed E-state index contributed by atoms with van der Waals surface area (Å²) in [5, 5.41) is 1.65. The number of rotatable bonds is 10. The molecular weight excluding hydrogens is 364 g/mol. The fourth-order valence-electron chi connectivity index (χ4n) is 1.85. The Balaban J connectivity index is -0.00000264. The van der Waals surface area contributed by atoms with E-state index < -0.39 is 26.9 Å². The van der Waals surface area contributed by atoms with E-state index >= 15 is 0 Å². The van der Waals surface area contributed by atoms with E-state index in [1.807, 2.05) is 0 Å². The van der Waals surface area contributed by atoms with Crippen LogP contribution in [0.15, 0.2) is 24.3 Å². The second-order valence-electron chi connectivity index (χ2n) is 6.50. The molecule has 0 heterocycles. The normalized spacial score (nSPS) is 12.0. The van der Waals surface area contributed by atoms with Crippen LogP contribution >= 0.6 is 0 Å². The lowest BCUT2D eigenvalue weighted by Gasteiger charge is -2.28. The Bertz CT molecular complexity index is 612. The molecule has 1 amide bonds. The van der Waals surface area contributed by atoms with Gasteiger partial charge in [-0.25, -0.2) is 4.79 Å². The topological polar surface area (TPSA) is 176 Å². The van der Waals surface area contributed by atoms with Crippen molar-refractivity contribution in [1.82, 2.24) is 11.5 Å². The van der Waals surface area contributed by atoms with Gasteiger partial charge in [-0.1, -0.05) is 13.2 Å². The van der Waals surface area contributed by atoms with Gasteiger partial charge < -0.3 is 21.7 Å². The minimum absolute atomic E-state index is 0. The highest BCUT2D eigenvalue weighted by Crippen LogP contribution is 2.19. The van der Waals surface area contributed by atoms with Crippen molar-refractivity contribution < 1.29 is 32.8 Å². The minimum Gasteiger partial charge on any atom is -0.462 e. The maximum absolute atomic E-state index is 11.7. The Labute approximate surface area is 155 Å². The van der Waals surface area contributed by atoms with Gasteiger partial charge in [0.1, 0.15) is 0 Å². The first-order chi connectivity index (χ1) is 10.8. The van der Waals surface area contributed by atoms with Crippen molar-refractivity contribution in [3.8, 4) is 0 Å². The van der Waals surface area contributed by atoms with E-state index in [0.717, 1.165) is 0 Å². The molecule has 0 aliphatic heterocycles. The number of carbonyl (C=O) groups excluding carboxylic acids is 2. The predicted molar refractivity (Wildman–Crippen MR) is 101 cm³/mol. The van der Waals surface area contributed by atoms with Gasteiger partial charge in [0, 0.05) is 23.1 Å². The molecule has 7 N–H and O–H groups in total. The van der Waals surface area contributed by atoms with Crippen LogP contribution in [0, 0.1) is 0 Å². The molecule has 0 radical (unpaired) electrons. The lowest BCUT2D eigenvalue weighted by atomic mass is 9.96. The number of esters is 1. The molecule has 0 aliphatic carbocycles. The number of ether oxygens (including phenoxy) is 1. The highest BCUT2D eigenvalue weighted by Gasteiger charge is 2.28. The van der Waals surface area contributed by atoms with Crippen LogP contribution in [0.25, 0.3) is 0 Å². The van der Waals surface area contributed by atoms with E-state index in [4.69, 9.17) is 4.74 Å². The molecular formula is C16H32N2O7S. The molecule has 0 spiro atoms. The Morgan fingerprint density at radius 3 is 2.04 bits per heavy atom. The first kappa shape index (κ1) is 29.0. The van der Waals surface area contributed by atoms with Crippen LogP contribution in [0.4, 0.5) is 0 Å². The van der Waals surface area contributed by atoms with Gasteiger partial charge in [0.25, 0.3) is 10.1 Å². The van der Waals surface area contributed by atoms with Crippen LogP contribution in [0.1, 0.15) is 47.0 Å². The van der Waals surface area contributed by atoms with Crippen LogP contribution in [0.5, 0.6) is 0 Å². The Kier molecular flexibility index (Phi) is 13.2. The van der Waals surface area contributed by atoms with Gasteiger partial charge in [-0.3, -0.25) is 9.35 Å². The molecule has 1 unspecified atom stereocenters. The van der Waals surface area contributed by atoms with Crippen molar-refractivity contribution in [2.45, 2.75) is 57.7 Å². The van der Waals surface area contributed by atoms with Gasteiger partial charge in [0.05, 0.1) is 11.9 Å². The van der Waals surface area contributed by atoms with Crippen molar-refractivity contribution in [3.63, 3.8) is 0 Å². The fourth-order valence-corrected chi connectivity index (χ4v) is 2.66. The number of amides is 1. The molecule has 154 valence electrons. The lowest BCUT2D eigenvalue weighted by Crippen LogP contribution is -2.44. The molecule has 9 nitrogen and oxygen atoms in total. The zero-order chi connectivity index (χ0) is 19.1. The summed E-state index contributed by atoms with van der Waals surface area (Å²) in [5.41, 5.74) is -0.115. The molecule has 0 aromatic carbocycles. The molecule has 0 saturated heterocycles. The number of hydrogen-bond donors (Lipinski definition) is 3. The summed E-state index contributed by atoms with van der Waals surface area (Å²) in [6.45, 7) is 13.4. The molecule has 0 aliphatic rings. The molecule has 0 fully saturated rings. The summed E-state index contributed by atoms with van der Waals surface area (Å²) in [6, 6.07) is 0. The second-order valence-corrected chi connectivity index (χ2v) is 8.20. The second kappa shape index (κ2) is 11.8. The van der Waals surface area contributed by atoms with Gasteiger partial charge in [-0.05, 0) is 40.5 Å².